The minimum Gasteiger partial charge on any atom is -0.496 e. The van der Waals surface area contributed by atoms with Gasteiger partial charge < -0.3 is 10.1 Å². The molecule has 2 rings (SSSR count). The Morgan fingerprint density at radius 2 is 2.04 bits per heavy atom. The van der Waals surface area contributed by atoms with Gasteiger partial charge in [-0.1, -0.05) is 38.1 Å². The molecule has 5 nitrogen and oxygen atoms in total. The van der Waals surface area contributed by atoms with E-state index in [0.29, 0.717) is 13.1 Å². The molecule has 0 aliphatic rings. The van der Waals surface area contributed by atoms with Crippen LogP contribution < -0.4 is 10.1 Å². The number of amides is 1. The highest BCUT2D eigenvalue weighted by Gasteiger charge is 2.30. The quantitative estimate of drug-likeness (QED) is 0.713. The summed E-state index contributed by atoms with van der Waals surface area (Å²) in [5.41, 5.74) is 0.145. The Balaban J connectivity index is 2.15. The van der Waals surface area contributed by atoms with E-state index in [1.165, 1.54) is 4.88 Å². The second-order valence-corrected chi connectivity index (χ2v) is 8.09. The third kappa shape index (κ3) is 5.81. The number of hydrogen-bond donors (Lipinski definition) is 1. The second kappa shape index (κ2) is 9.54. The van der Waals surface area contributed by atoms with Crippen LogP contribution in [0.25, 0.3) is 0 Å². The molecule has 1 aromatic carbocycles. The fourth-order valence-electron chi connectivity index (χ4n) is 2.70. The molecule has 27 heavy (non-hydrogen) atoms. The lowest BCUT2D eigenvalue weighted by atomic mass is 9.90. The van der Waals surface area contributed by atoms with Gasteiger partial charge in [-0.3, -0.25) is 9.69 Å². The van der Waals surface area contributed by atoms with E-state index in [1.807, 2.05) is 49.6 Å². The molecule has 0 aliphatic heterocycles. The highest BCUT2D eigenvalue weighted by molar-refractivity contribution is 7.09. The molecule has 1 unspecified atom stereocenters. The average molecular weight is 386 g/mol. The molecule has 144 valence electrons. The molecular formula is C21H27N3O2S. The summed E-state index contributed by atoms with van der Waals surface area (Å²) in [7, 11) is 1.65. The van der Waals surface area contributed by atoms with Crippen LogP contribution in [0, 0.1) is 17.2 Å². The number of carbonyl (C=O) groups excluding carboxylic acids is 1. The van der Waals surface area contributed by atoms with Gasteiger partial charge in [-0.05, 0) is 30.4 Å². The second-order valence-electron chi connectivity index (χ2n) is 7.05. The minimum atomic E-state index is -0.879. The van der Waals surface area contributed by atoms with Gasteiger partial charge in [0.05, 0.1) is 19.7 Å². The van der Waals surface area contributed by atoms with Gasteiger partial charge in [0, 0.05) is 23.5 Å². The summed E-state index contributed by atoms with van der Waals surface area (Å²) in [5, 5.41) is 14.4. The number of nitriles is 1. The van der Waals surface area contributed by atoms with Crippen molar-refractivity contribution in [3.05, 3.63) is 52.2 Å². The smallest absolute Gasteiger partial charge is 0.235 e. The van der Waals surface area contributed by atoms with Crippen molar-refractivity contribution >= 4 is 17.2 Å². The SMILES string of the molecule is COc1ccccc1CN(CC(=O)NC(C)(C#N)C(C)C)Cc1cccs1. The first-order valence-corrected chi connectivity index (χ1v) is 9.84. The zero-order chi connectivity index (χ0) is 19.9. The summed E-state index contributed by atoms with van der Waals surface area (Å²) in [6, 6.07) is 14.1. The first-order valence-electron chi connectivity index (χ1n) is 8.97. The van der Waals surface area contributed by atoms with Crippen LogP contribution in [0.4, 0.5) is 0 Å². The zero-order valence-electron chi connectivity index (χ0n) is 16.4. The summed E-state index contributed by atoms with van der Waals surface area (Å²) in [4.78, 5) is 15.9. The highest BCUT2D eigenvalue weighted by Crippen LogP contribution is 2.22. The molecule has 1 amide bonds. The van der Waals surface area contributed by atoms with Crippen LogP contribution in [0.15, 0.2) is 41.8 Å². The summed E-state index contributed by atoms with van der Waals surface area (Å²) in [6.07, 6.45) is 0. The molecule has 0 saturated carbocycles. The molecule has 0 aliphatic carbocycles. The Bertz CT molecular complexity index is 783. The van der Waals surface area contributed by atoms with Crippen molar-refractivity contribution in [2.24, 2.45) is 5.92 Å². The number of methoxy groups -OCH3 is 1. The number of carbonyl (C=O) groups is 1. The van der Waals surface area contributed by atoms with Crippen molar-refractivity contribution in [1.29, 1.82) is 5.26 Å². The molecule has 0 saturated heterocycles. The van der Waals surface area contributed by atoms with Gasteiger partial charge in [-0.25, -0.2) is 0 Å². The molecule has 0 fully saturated rings. The zero-order valence-corrected chi connectivity index (χ0v) is 17.2. The first-order chi connectivity index (χ1) is 12.9. The Hall–Kier alpha value is -2.36. The Morgan fingerprint density at radius 1 is 1.30 bits per heavy atom. The highest BCUT2D eigenvalue weighted by atomic mass is 32.1. The van der Waals surface area contributed by atoms with E-state index in [0.717, 1.165) is 11.3 Å². The maximum atomic E-state index is 12.7. The first kappa shape index (κ1) is 20.9. The lowest BCUT2D eigenvalue weighted by Crippen LogP contribution is -2.51. The molecule has 0 radical (unpaired) electrons. The average Bonchev–Trinajstić information content (AvgIpc) is 3.14. The van der Waals surface area contributed by atoms with Crippen molar-refractivity contribution in [1.82, 2.24) is 10.2 Å². The van der Waals surface area contributed by atoms with Crippen LogP contribution in [-0.4, -0.2) is 30.0 Å². The van der Waals surface area contributed by atoms with Gasteiger partial charge in [0.25, 0.3) is 0 Å². The van der Waals surface area contributed by atoms with Crippen molar-refractivity contribution in [2.75, 3.05) is 13.7 Å². The number of benzene rings is 1. The van der Waals surface area contributed by atoms with Crippen LogP contribution in [-0.2, 0) is 17.9 Å². The van der Waals surface area contributed by atoms with E-state index >= 15 is 0 Å². The van der Waals surface area contributed by atoms with Crippen LogP contribution in [0.2, 0.25) is 0 Å². The van der Waals surface area contributed by atoms with Crippen molar-refractivity contribution in [2.45, 2.75) is 39.4 Å². The minimum absolute atomic E-state index is 0.0198. The van der Waals surface area contributed by atoms with Crippen LogP contribution in [0.1, 0.15) is 31.2 Å². The van der Waals surface area contributed by atoms with Gasteiger partial charge in [-0.2, -0.15) is 5.26 Å². The molecule has 1 aromatic heterocycles. The Kier molecular flexibility index (Phi) is 7.40. The van der Waals surface area contributed by atoms with Gasteiger partial charge in [0.2, 0.25) is 5.91 Å². The Labute approximate surface area is 165 Å². The van der Waals surface area contributed by atoms with Crippen LogP contribution in [0.3, 0.4) is 0 Å². The third-order valence-electron chi connectivity index (χ3n) is 4.70. The lowest BCUT2D eigenvalue weighted by Gasteiger charge is -2.29. The number of nitrogens with zero attached hydrogens (tertiary/aromatic N) is 2. The van der Waals surface area contributed by atoms with E-state index in [1.54, 1.807) is 25.4 Å². The van der Waals surface area contributed by atoms with Crippen molar-refractivity contribution < 1.29 is 9.53 Å². The summed E-state index contributed by atoms with van der Waals surface area (Å²) in [5.74, 6) is 0.670. The maximum absolute atomic E-state index is 12.7. The summed E-state index contributed by atoms with van der Waals surface area (Å²) in [6.45, 7) is 7.08. The van der Waals surface area contributed by atoms with Gasteiger partial charge in [0.1, 0.15) is 11.3 Å². The predicted molar refractivity (Wildman–Crippen MR) is 108 cm³/mol. The maximum Gasteiger partial charge on any atom is 0.235 e. The molecular weight excluding hydrogens is 358 g/mol. The van der Waals surface area contributed by atoms with Crippen molar-refractivity contribution in [3.8, 4) is 11.8 Å². The largest absolute Gasteiger partial charge is 0.496 e. The monoisotopic (exact) mass is 385 g/mol. The fourth-order valence-corrected chi connectivity index (χ4v) is 3.44. The molecule has 0 bridgehead atoms. The van der Waals surface area contributed by atoms with Crippen molar-refractivity contribution in [3.63, 3.8) is 0 Å². The molecule has 1 N–H and O–H groups in total. The van der Waals surface area contributed by atoms with Gasteiger partial charge >= 0.3 is 0 Å². The number of para-hydroxylation sites is 1. The summed E-state index contributed by atoms with van der Waals surface area (Å²) < 4.78 is 5.45. The van der Waals surface area contributed by atoms with Gasteiger partial charge in [-0.15, -0.1) is 11.3 Å². The standard InChI is InChI=1S/C21H27N3O2S/c1-16(2)21(3,15-22)23-20(25)14-24(13-18-9-7-11-27-18)12-17-8-5-6-10-19(17)26-4/h5-11,16H,12-14H2,1-4H3,(H,23,25). The number of rotatable bonds is 9. The fraction of sp³-hybridized carbons (Fsp3) is 0.429. The number of nitrogens with one attached hydrogen (secondary N) is 1. The number of ether oxygens (including phenoxy) is 1. The molecule has 1 heterocycles. The predicted octanol–water partition coefficient (Wildman–Crippen LogP) is 3.81. The van der Waals surface area contributed by atoms with E-state index in [9.17, 15) is 10.1 Å². The third-order valence-corrected chi connectivity index (χ3v) is 5.56. The number of thiophene rings is 1. The van der Waals surface area contributed by atoms with E-state index in [-0.39, 0.29) is 18.4 Å². The summed E-state index contributed by atoms with van der Waals surface area (Å²) >= 11 is 1.66. The molecule has 6 heteroatoms. The normalized spacial score (nSPS) is 13.2. The Morgan fingerprint density at radius 3 is 2.63 bits per heavy atom. The number of hydrogen-bond acceptors (Lipinski definition) is 5. The molecule has 2 aromatic rings. The van der Waals surface area contributed by atoms with E-state index in [4.69, 9.17) is 4.74 Å². The van der Waals surface area contributed by atoms with Gasteiger partial charge in [0.15, 0.2) is 0 Å². The molecule has 1 atom stereocenters. The van der Waals surface area contributed by atoms with Crippen LogP contribution in [0.5, 0.6) is 5.75 Å². The van der Waals surface area contributed by atoms with Crippen LogP contribution >= 0.6 is 11.3 Å². The molecule has 0 spiro atoms. The van der Waals surface area contributed by atoms with E-state index in [2.05, 4.69) is 22.4 Å². The van der Waals surface area contributed by atoms with E-state index < -0.39 is 5.54 Å². The topological polar surface area (TPSA) is 65.4 Å². The lowest BCUT2D eigenvalue weighted by molar-refractivity contribution is -0.124.